The van der Waals surface area contributed by atoms with Crippen molar-refractivity contribution < 1.29 is 14.3 Å². The molecule has 6 heteroatoms. The quantitative estimate of drug-likeness (QED) is 0.431. The molecule has 1 unspecified atom stereocenters. The van der Waals surface area contributed by atoms with E-state index in [1.807, 2.05) is 71.6 Å². The third-order valence-electron chi connectivity index (χ3n) is 5.83. The van der Waals surface area contributed by atoms with E-state index in [0.717, 1.165) is 22.5 Å². The lowest BCUT2D eigenvalue weighted by molar-refractivity contribution is -0.143. The smallest absolute Gasteiger partial charge is 0.305 e. The zero-order valence-corrected chi connectivity index (χ0v) is 18.9. The third-order valence-corrected chi connectivity index (χ3v) is 5.83. The number of amides is 1. The van der Waals surface area contributed by atoms with Crippen molar-refractivity contribution >= 4 is 35.7 Å². The molecule has 1 atom stereocenters. The first-order chi connectivity index (χ1) is 15.2. The fourth-order valence-electron chi connectivity index (χ4n) is 4.46. The fourth-order valence-corrected chi connectivity index (χ4v) is 4.46. The van der Waals surface area contributed by atoms with Crippen molar-refractivity contribution in [2.24, 2.45) is 0 Å². The summed E-state index contributed by atoms with van der Waals surface area (Å²) >= 11 is 0. The van der Waals surface area contributed by atoms with Crippen LogP contribution in [0.1, 0.15) is 37.3 Å². The topological polar surface area (TPSA) is 59.5 Å². The second-order valence-electron chi connectivity index (χ2n) is 7.77. The Morgan fingerprint density at radius 1 is 1.00 bits per heavy atom. The molecule has 0 aliphatic carbocycles. The Hall–Kier alpha value is -3.18. The minimum atomic E-state index is -0.750. The van der Waals surface area contributed by atoms with E-state index < -0.39 is 5.41 Å². The minimum Gasteiger partial charge on any atom is -0.466 e. The van der Waals surface area contributed by atoms with Crippen molar-refractivity contribution in [1.82, 2.24) is 4.98 Å². The van der Waals surface area contributed by atoms with Crippen molar-refractivity contribution in [3.05, 3.63) is 90.3 Å². The summed E-state index contributed by atoms with van der Waals surface area (Å²) in [6, 6.07) is 21.6. The largest absolute Gasteiger partial charge is 0.466 e. The highest BCUT2D eigenvalue weighted by molar-refractivity contribution is 6.13. The molecule has 2 aromatic carbocycles. The number of hydrogen-bond acceptors (Lipinski definition) is 4. The zero-order valence-electron chi connectivity index (χ0n) is 18.1. The summed E-state index contributed by atoms with van der Waals surface area (Å²) in [6.07, 6.45) is 5.49. The Labute approximate surface area is 194 Å². The van der Waals surface area contributed by atoms with Crippen LogP contribution >= 0.6 is 12.4 Å². The van der Waals surface area contributed by atoms with Gasteiger partial charge in [-0.25, -0.2) is 0 Å². The monoisotopic (exact) mass is 450 g/mol. The molecule has 3 aromatic rings. The predicted octanol–water partition coefficient (Wildman–Crippen LogP) is 5.40. The predicted molar refractivity (Wildman–Crippen MR) is 127 cm³/mol. The molecule has 1 aromatic heterocycles. The van der Waals surface area contributed by atoms with Crippen LogP contribution in [-0.4, -0.2) is 23.5 Å². The van der Waals surface area contributed by atoms with Gasteiger partial charge in [0.2, 0.25) is 5.91 Å². The summed E-state index contributed by atoms with van der Waals surface area (Å²) in [7, 11) is 0. The number of esters is 1. The van der Waals surface area contributed by atoms with Crippen LogP contribution in [0.2, 0.25) is 0 Å². The van der Waals surface area contributed by atoms with Crippen molar-refractivity contribution in [2.45, 2.75) is 38.0 Å². The molecule has 1 amide bonds. The van der Waals surface area contributed by atoms with E-state index in [0.29, 0.717) is 32.3 Å². The van der Waals surface area contributed by atoms with Crippen LogP contribution in [0.5, 0.6) is 0 Å². The number of carbonyl (C=O) groups excluding carboxylic acids is 2. The normalized spacial score (nSPS) is 16.9. The first-order valence-electron chi connectivity index (χ1n) is 10.7. The van der Waals surface area contributed by atoms with Crippen molar-refractivity contribution in [1.29, 1.82) is 0 Å². The van der Waals surface area contributed by atoms with Gasteiger partial charge in [-0.15, -0.1) is 12.4 Å². The van der Waals surface area contributed by atoms with Crippen molar-refractivity contribution in [3.63, 3.8) is 0 Å². The first-order valence-corrected chi connectivity index (χ1v) is 10.7. The number of hydrogen-bond donors (Lipinski definition) is 0. The average Bonchev–Trinajstić information content (AvgIpc) is 3.03. The summed E-state index contributed by atoms with van der Waals surface area (Å²) in [6.45, 7) is 2.17. The van der Waals surface area contributed by atoms with Gasteiger partial charge in [0, 0.05) is 24.5 Å². The Morgan fingerprint density at radius 3 is 2.41 bits per heavy atom. The third kappa shape index (κ3) is 4.53. The molecule has 1 aliphatic rings. The lowest BCUT2D eigenvalue weighted by Gasteiger charge is -2.29. The highest BCUT2D eigenvalue weighted by Gasteiger charge is 2.50. The van der Waals surface area contributed by atoms with Gasteiger partial charge in [-0.1, -0.05) is 36.4 Å². The molecule has 5 nitrogen and oxygen atoms in total. The number of para-hydroxylation sites is 2. The van der Waals surface area contributed by atoms with Gasteiger partial charge in [0.25, 0.3) is 0 Å². The second-order valence-corrected chi connectivity index (χ2v) is 7.77. The highest BCUT2D eigenvalue weighted by atomic mass is 35.5. The molecule has 0 spiro atoms. The van der Waals surface area contributed by atoms with Gasteiger partial charge in [0.05, 0.1) is 17.7 Å². The number of rotatable bonds is 8. The summed E-state index contributed by atoms with van der Waals surface area (Å²) in [5.74, 6) is -0.180. The van der Waals surface area contributed by atoms with Crippen LogP contribution in [0.15, 0.2) is 79.1 Å². The molecule has 0 fully saturated rings. The van der Waals surface area contributed by atoms with E-state index in [9.17, 15) is 9.59 Å². The number of fused-ring (bicyclic) bond motifs is 1. The zero-order chi connectivity index (χ0) is 21.7. The Bertz CT molecular complexity index is 1060. The van der Waals surface area contributed by atoms with E-state index >= 15 is 0 Å². The van der Waals surface area contributed by atoms with Crippen molar-refractivity contribution in [2.75, 3.05) is 11.5 Å². The number of ether oxygens (including phenoxy) is 1. The average molecular weight is 451 g/mol. The SMILES string of the molecule is CCOC(=O)CCCC1(Cc2ccncc2)C(=O)N(c2ccccc2)c2ccccc21.Cl. The van der Waals surface area contributed by atoms with Gasteiger partial charge < -0.3 is 4.74 Å². The molecule has 2 heterocycles. The molecular formula is C26H27ClN2O3. The molecule has 32 heavy (non-hydrogen) atoms. The Morgan fingerprint density at radius 2 is 1.69 bits per heavy atom. The molecule has 0 radical (unpaired) electrons. The van der Waals surface area contributed by atoms with E-state index in [2.05, 4.69) is 4.98 Å². The van der Waals surface area contributed by atoms with E-state index in [-0.39, 0.29) is 24.3 Å². The van der Waals surface area contributed by atoms with E-state index in [1.54, 1.807) is 19.3 Å². The summed E-state index contributed by atoms with van der Waals surface area (Å²) in [4.78, 5) is 32.0. The van der Waals surface area contributed by atoms with Crippen LogP contribution in [0.4, 0.5) is 11.4 Å². The number of anilines is 2. The number of aromatic nitrogens is 1. The van der Waals surface area contributed by atoms with Crippen LogP contribution in [0.3, 0.4) is 0 Å². The van der Waals surface area contributed by atoms with Gasteiger partial charge >= 0.3 is 5.97 Å². The molecule has 0 saturated heterocycles. The first kappa shape index (κ1) is 23.5. The molecule has 0 bridgehead atoms. The van der Waals surface area contributed by atoms with Crippen LogP contribution < -0.4 is 4.90 Å². The maximum atomic E-state index is 14.1. The lowest BCUT2D eigenvalue weighted by atomic mass is 9.73. The molecular weight excluding hydrogens is 424 g/mol. The van der Waals surface area contributed by atoms with Crippen molar-refractivity contribution in [3.8, 4) is 0 Å². The van der Waals surface area contributed by atoms with Crippen LogP contribution in [0.25, 0.3) is 0 Å². The van der Waals surface area contributed by atoms with Gasteiger partial charge in [-0.3, -0.25) is 19.5 Å². The Kier molecular flexibility index (Phi) is 7.65. The lowest BCUT2D eigenvalue weighted by Crippen LogP contribution is -2.40. The molecule has 0 N–H and O–H groups in total. The van der Waals surface area contributed by atoms with Crippen LogP contribution in [0, 0.1) is 0 Å². The number of pyridine rings is 1. The molecule has 0 saturated carbocycles. The number of carbonyl (C=O) groups is 2. The summed E-state index contributed by atoms with van der Waals surface area (Å²) < 4.78 is 5.10. The molecule has 4 rings (SSSR count). The van der Waals surface area contributed by atoms with Gasteiger partial charge in [0.15, 0.2) is 0 Å². The number of halogens is 1. The molecule has 166 valence electrons. The maximum Gasteiger partial charge on any atom is 0.305 e. The second kappa shape index (κ2) is 10.4. The van der Waals surface area contributed by atoms with Crippen LogP contribution in [-0.2, 0) is 26.2 Å². The summed E-state index contributed by atoms with van der Waals surface area (Å²) in [5.41, 5.74) is 3.06. The summed E-state index contributed by atoms with van der Waals surface area (Å²) in [5, 5.41) is 0. The van der Waals surface area contributed by atoms with Gasteiger partial charge in [0.1, 0.15) is 0 Å². The number of benzene rings is 2. The van der Waals surface area contributed by atoms with E-state index in [1.165, 1.54) is 0 Å². The Balaban J connectivity index is 0.00000289. The van der Waals surface area contributed by atoms with Gasteiger partial charge in [-0.2, -0.15) is 0 Å². The standard InChI is InChI=1S/C26H26N2O3.ClH/c1-2-31-24(29)13-8-16-26(19-20-14-17-27-18-15-20)22-11-6-7-12-23(22)28(25(26)30)21-9-4-3-5-10-21;/h3-7,9-12,14-15,17-18H,2,8,13,16,19H2,1H3;1H. The maximum absolute atomic E-state index is 14.1. The molecule has 1 aliphatic heterocycles. The van der Waals surface area contributed by atoms with E-state index in [4.69, 9.17) is 4.74 Å². The number of nitrogens with zero attached hydrogens (tertiary/aromatic N) is 2. The minimum absolute atomic E-state index is 0. The highest BCUT2D eigenvalue weighted by Crippen LogP contribution is 2.49. The van der Waals surface area contributed by atoms with Gasteiger partial charge in [-0.05, 0) is 67.6 Å². The fraction of sp³-hybridized carbons (Fsp3) is 0.269.